The molecule has 0 aromatic heterocycles. The maximum absolute atomic E-state index is 13.0. The number of likely N-dealkylation sites (tertiary alicyclic amines) is 2. The molecule has 2 amide bonds. The lowest BCUT2D eigenvalue weighted by molar-refractivity contribution is -0.142. The van der Waals surface area contributed by atoms with Crippen LogP contribution in [0.2, 0.25) is 0 Å². The van der Waals surface area contributed by atoms with Crippen molar-refractivity contribution in [3.05, 3.63) is 35.4 Å². The first-order valence-electron chi connectivity index (χ1n) is 9.89. The van der Waals surface area contributed by atoms with Crippen LogP contribution in [0.15, 0.2) is 24.3 Å². The number of piperidine rings is 2. The number of carbonyl (C=O) groups is 2. The third-order valence-electron chi connectivity index (χ3n) is 6.25. The normalized spacial score (nSPS) is 24.2. The molecule has 2 heterocycles. The predicted octanol–water partition coefficient (Wildman–Crippen LogP) is 2.97. The van der Waals surface area contributed by atoms with Gasteiger partial charge in [-0.15, -0.1) is 0 Å². The fourth-order valence-electron chi connectivity index (χ4n) is 4.75. The second kappa shape index (κ2) is 7.19. The molecule has 0 bridgehead atoms. The zero-order valence-corrected chi connectivity index (χ0v) is 15.0. The van der Waals surface area contributed by atoms with E-state index in [9.17, 15) is 9.59 Å². The smallest absolute Gasteiger partial charge is 0.230 e. The minimum Gasteiger partial charge on any atom is -0.342 e. The van der Waals surface area contributed by atoms with Crippen LogP contribution in [0.25, 0.3) is 0 Å². The molecule has 4 rings (SSSR count). The van der Waals surface area contributed by atoms with E-state index < -0.39 is 0 Å². The van der Waals surface area contributed by atoms with Gasteiger partial charge in [0.25, 0.3) is 0 Å². The van der Waals surface area contributed by atoms with Crippen molar-refractivity contribution in [2.24, 2.45) is 5.92 Å². The van der Waals surface area contributed by atoms with Crippen LogP contribution in [0.4, 0.5) is 0 Å². The first kappa shape index (κ1) is 16.6. The van der Waals surface area contributed by atoms with Gasteiger partial charge in [-0.25, -0.2) is 0 Å². The second-order valence-electron chi connectivity index (χ2n) is 7.78. The van der Waals surface area contributed by atoms with E-state index in [4.69, 9.17) is 0 Å². The zero-order chi connectivity index (χ0) is 17.2. The first-order valence-corrected chi connectivity index (χ1v) is 9.89. The van der Waals surface area contributed by atoms with Gasteiger partial charge in [0.05, 0.1) is 5.92 Å². The average molecular weight is 340 g/mol. The van der Waals surface area contributed by atoms with Crippen molar-refractivity contribution in [3.63, 3.8) is 0 Å². The lowest BCUT2D eigenvalue weighted by Crippen LogP contribution is -2.46. The molecule has 1 unspecified atom stereocenters. The number of fused-ring (bicyclic) bond motifs is 1. The number of nitrogens with zero attached hydrogens (tertiary/aromatic N) is 2. The Morgan fingerprint density at radius 3 is 2.24 bits per heavy atom. The van der Waals surface area contributed by atoms with Crippen LogP contribution < -0.4 is 0 Å². The highest BCUT2D eigenvalue weighted by molar-refractivity contribution is 5.85. The van der Waals surface area contributed by atoms with Gasteiger partial charge in [0.15, 0.2) is 0 Å². The maximum Gasteiger partial charge on any atom is 0.230 e. The lowest BCUT2D eigenvalue weighted by atomic mass is 9.92. The molecule has 2 fully saturated rings. The van der Waals surface area contributed by atoms with Gasteiger partial charge in [0.2, 0.25) is 11.8 Å². The molecule has 134 valence electrons. The van der Waals surface area contributed by atoms with E-state index in [2.05, 4.69) is 23.1 Å². The van der Waals surface area contributed by atoms with Crippen LogP contribution in [0, 0.1) is 5.92 Å². The minimum atomic E-state index is 0.0329. The first-order chi connectivity index (χ1) is 12.2. The number of carbonyl (C=O) groups excluding carboxylic acids is 2. The molecule has 0 saturated carbocycles. The number of aryl methyl sites for hydroxylation is 1. The van der Waals surface area contributed by atoms with E-state index in [1.807, 2.05) is 11.0 Å². The Balaban J connectivity index is 1.34. The minimum absolute atomic E-state index is 0.0329. The molecule has 1 atom stereocenters. The molecule has 4 nitrogen and oxygen atoms in total. The summed E-state index contributed by atoms with van der Waals surface area (Å²) < 4.78 is 0. The van der Waals surface area contributed by atoms with Gasteiger partial charge < -0.3 is 9.80 Å². The van der Waals surface area contributed by atoms with Crippen LogP contribution in [0.3, 0.4) is 0 Å². The van der Waals surface area contributed by atoms with Crippen molar-refractivity contribution >= 4 is 11.8 Å². The average Bonchev–Trinajstić information content (AvgIpc) is 3.12. The fourth-order valence-corrected chi connectivity index (χ4v) is 4.75. The number of hydrogen-bond acceptors (Lipinski definition) is 2. The highest BCUT2D eigenvalue weighted by Gasteiger charge is 2.35. The van der Waals surface area contributed by atoms with Crippen LogP contribution in [-0.2, 0) is 16.0 Å². The van der Waals surface area contributed by atoms with Crippen molar-refractivity contribution in [1.29, 1.82) is 0 Å². The van der Waals surface area contributed by atoms with E-state index in [-0.39, 0.29) is 17.7 Å². The van der Waals surface area contributed by atoms with Gasteiger partial charge in [-0.05, 0) is 56.1 Å². The van der Waals surface area contributed by atoms with E-state index in [1.165, 1.54) is 17.5 Å². The number of rotatable bonds is 2. The Hall–Kier alpha value is -1.84. The van der Waals surface area contributed by atoms with E-state index in [0.717, 1.165) is 64.7 Å². The van der Waals surface area contributed by atoms with Gasteiger partial charge in [-0.1, -0.05) is 24.3 Å². The SMILES string of the molecule is O=C(C1CCN(C(=O)C2CCc3ccccc32)CC1)N1CCCCC1. The summed E-state index contributed by atoms with van der Waals surface area (Å²) in [6.45, 7) is 3.33. The van der Waals surface area contributed by atoms with Gasteiger partial charge in [0, 0.05) is 32.1 Å². The summed E-state index contributed by atoms with van der Waals surface area (Å²) in [6.07, 6.45) is 7.14. The number of hydrogen-bond donors (Lipinski definition) is 0. The zero-order valence-electron chi connectivity index (χ0n) is 15.0. The molecule has 0 spiro atoms. The molecule has 0 radical (unpaired) electrons. The summed E-state index contributed by atoms with van der Waals surface area (Å²) in [6, 6.07) is 8.35. The summed E-state index contributed by atoms with van der Waals surface area (Å²) in [5, 5.41) is 0. The van der Waals surface area contributed by atoms with Gasteiger partial charge >= 0.3 is 0 Å². The monoisotopic (exact) mass is 340 g/mol. The van der Waals surface area contributed by atoms with Crippen LogP contribution in [-0.4, -0.2) is 47.8 Å². The Bertz CT molecular complexity index is 643. The van der Waals surface area contributed by atoms with Crippen molar-refractivity contribution in [2.75, 3.05) is 26.2 Å². The molecular weight excluding hydrogens is 312 g/mol. The summed E-state index contributed by atoms with van der Waals surface area (Å²) >= 11 is 0. The van der Waals surface area contributed by atoms with Crippen molar-refractivity contribution in [1.82, 2.24) is 9.80 Å². The molecule has 2 saturated heterocycles. The Labute approximate surface area is 150 Å². The summed E-state index contributed by atoms with van der Waals surface area (Å²) in [5.41, 5.74) is 2.55. The van der Waals surface area contributed by atoms with Crippen molar-refractivity contribution < 1.29 is 9.59 Å². The summed E-state index contributed by atoms with van der Waals surface area (Å²) in [4.78, 5) is 29.7. The van der Waals surface area contributed by atoms with Gasteiger partial charge in [0.1, 0.15) is 0 Å². The number of amides is 2. The fraction of sp³-hybridized carbons (Fsp3) is 0.619. The highest BCUT2D eigenvalue weighted by atomic mass is 16.2. The Morgan fingerprint density at radius 1 is 0.800 bits per heavy atom. The molecular formula is C21H28N2O2. The molecule has 1 aromatic rings. The van der Waals surface area contributed by atoms with Crippen LogP contribution in [0.5, 0.6) is 0 Å². The Morgan fingerprint density at radius 2 is 1.48 bits per heavy atom. The van der Waals surface area contributed by atoms with Crippen molar-refractivity contribution in [2.45, 2.75) is 50.9 Å². The van der Waals surface area contributed by atoms with Crippen LogP contribution in [0.1, 0.15) is 55.6 Å². The standard InChI is InChI=1S/C21H28N2O2/c24-20(22-12-4-1-5-13-22)17-10-14-23(15-11-17)21(25)19-9-8-16-6-2-3-7-18(16)19/h2-3,6-7,17,19H,1,4-5,8-15H2. The largest absolute Gasteiger partial charge is 0.342 e. The molecule has 1 aromatic carbocycles. The molecule has 0 N–H and O–H groups in total. The quantitative estimate of drug-likeness (QED) is 0.830. The molecule has 1 aliphatic carbocycles. The Kier molecular flexibility index (Phi) is 4.78. The van der Waals surface area contributed by atoms with E-state index in [0.29, 0.717) is 5.91 Å². The third kappa shape index (κ3) is 3.31. The lowest BCUT2D eigenvalue weighted by Gasteiger charge is -2.36. The molecule has 2 aliphatic heterocycles. The topological polar surface area (TPSA) is 40.6 Å². The molecule has 3 aliphatic rings. The highest BCUT2D eigenvalue weighted by Crippen LogP contribution is 2.35. The predicted molar refractivity (Wildman–Crippen MR) is 97.2 cm³/mol. The van der Waals surface area contributed by atoms with Crippen molar-refractivity contribution in [3.8, 4) is 0 Å². The van der Waals surface area contributed by atoms with Gasteiger partial charge in [-0.3, -0.25) is 9.59 Å². The summed E-state index contributed by atoms with van der Waals surface area (Å²) in [5.74, 6) is 0.760. The van der Waals surface area contributed by atoms with Gasteiger partial charge in [-0.2, -0.15) is 0 Å². The maximum atomic E-state index is 13.0. The second-order valence-corrected chi connectivity index (χ2v) is 7.78. The number of benzene rings is 1. The summed E-state index contributed by atoms with van der Waals surface area (Å²) in [7, 11) is 0. The molecule has 25 heavy (non-hydrogen) atoms. The molecule has 4 heteroatoms. The third-order valence-corrected chi connectivity index (χ3v) is 6.25. The van der Waals surface area contributed by atoms with E-state index in [1.54, 1.807) is 0 Å². The van der Waals surface area contributed by atoms with E-state index >= 15 is 0 Å². The van der Waals surface area contributed by atoms with Crippen LogP contribution >= 0.6 is 0 Å².